The van der Waals surface area contributed by atoms with E-state index in [2.05, 4.69) is 5.32 Å². The molecular formula is C17H21NO2S. The van der Waals surface area contributed by atoms with E-state index in [1.54, 1.807) is 38.2 Å². The maximum Gasteiger partial charge on any atom is 0.182 e. The second-order valence-electron chi connectivity index (χ2n) is 5.24. The number of sulfone groups is 1. The highest BCUT2D eigenvalue weighted by Crippen LogP contribution is 2.26. The van der Waals surface area contributed by atoms with Gasteiger partial charge in [-0.15, -0.1) is 0 Å². The minimum absolute atomic E-state index is 0.240. The van der Waals surface area contributed by atoms with Crippen LogP contribution in [-0.4, -0.2) is 20.7 Å². The van der Waals surface area contributed by atoms with Gasteiger partial charge in [-0.05, 0) is 38.6 Å². The van der Waals surface area contributed by atoms with Crippen LogP contribution >= 0.6 is 0 Å². The van der Waals surface area contributed by atoms with E-state index in [0.717, 1.165) is 11.1 Å². The Morgan fingerprint density at radius 1 is 0.952 bits per heavy atom. The summed E-state index contributed by atoms with van der Waals surface area (Å²) >= 11 is 0. The first-order valence-electron chi connectivity index (χ1n) is 6.99. The van der Waals surface area contributed by atoms with Gasteiger partial charge in [-0.25, -0.2) is 8.42 Å². The number of benzene rings is 2. The molecule has 1 N–H and O–H groups in total. The molecule has 2 rings (SSSR count). The minimum Gasteiger partial charge on any atom is -0.312 e. The lowest BCUT2D eigenvalue weighted by atomic mass is 10.0. The standard InChI is InChI=1S/C17H21NO2S/c1-13-9-11-15(12-10-13)17(18-3)14(2)21(19,20)16-7-5-4-6-8-16/h4-12,14,17-18H,1-3H3. The van der Waals surface area contributed by atoms with Gasteiger partial charge in [-0.1, -0.05) is 48.0 Å². The van der Waals surface area contributed by atoms with Crippen LogP contribution in [0.15, 0.2) is 59.5 Å². The van der Waals surface area contributed by atoms with Gasteiger partial charge in [-0.3, -0.25) is 0 Å². The summed E-state index contributed by atoms with van der Waals surface area (Å²) in [5.74, 6) is 0. The van der Waals surface area contributed by atoms with Crippen molar-refractivity contribution in [3.63, 3.8) is 0 Å². The Labute approximate surface area is 126 Å². The number of hydrogen-bond acceptors (Lipinski definition) is 3. The highest BCUT2D eigenvalue weighted by atomic mass is 32.2. The summed E-state index contributed by atoms with van der Waals surface area (Å²) in [6.07, 6.45) is 0. The SMILES string of the molecule is CNC(c1ccc(C)cc1)C(C)S(=O)(=O)c1ccccc1. The molecule has 0 saturated carbocycles. The van der Waals surface area contributed by atoms with Gasteiger partial charge in [-0.2, -0.15) is 0 Å². The predicted molar refractivity (Wildman–Crippen MR) is 86.1 cm³/mol. The van der Waals surface area contributed by atoms with E-state index < -0.39 is 15.1 Å². The highest BCUT2D eigenvalue weighted by Gasteiger charge is 2.30. The molecule has 0 bridgehead atoms. The summed E-state index contributed by atoms with van der Waals surface area (Å²) in [7, 11) is -1.58. The molecule has 0 aliphatic rings. The second-order valence-corrected chi connectivity index (χ2v) is 7.55. The maximum absolute atomic E-state index is 12.7. The van der Waals surface area contributed by atoms with E-state index in [-0.39, 0.29) is 6.04 Å². The van der Waals surface area contributed by atoms with Gasteiger partial charge in [0.05, 0.1) is 10.1 Å². The van der Waals surface area contributed by atoms with Gasteiger partial charge in [0.15, 0.2) is 9.84 Å². The first-order valence-corrected chi connectivity index (χ1v) is 8.54. The Morgan fingerprint density at radius 3 is 2.05 bits per heavy atom. The molecule has 2 aromatic rings. The van der Waals surface area contributed by atoms with E-state index in [4.69, 9.17) is 0 Å². The lowest BCUT2D eigenvalue weighted by Crippen LogP contribution is -2.33. The van der Waals surface area contributed by atoms with E-state index in [1.165, 1.54) is 0 Å². The quantitative estimate of drug-likeness (QED) is 0.923. The van der Waals surface area contributed by atoms with Crippen LogP contribution in [0.3, 0.4) is 0 Å². The number of nitrogens with one attached hydrogen (secondary N) is 1. The third kappa shape index (κ3) is 3.34. The Morgan fingerprint density at radius 2 is 1.52 bits per heavy atom. The Kier molecular flexibility index (Phi) is 4.80. The zero-order valence-corrected chi connectivity index (χ0v) is 13.4. The molecule has 0 spiro atoms. The number of aryl methyl sites for hydroxylation is 1. The zero-order chi connectivity index (χ0) is 15.5. The van der Waals surface area contributed by atoms with Gasteiger partial charge in [0, 0.05) is 6.04 Å². The molecule has 0 aromatic heterocycles. The fourth-order valence-corrected chi connectivity index (χ4v) is 4.07. The van der Waals surface area contributed by atoms with Crippen LogP contribution in [0.1, 0.15) is 24.1 Å². The molecule has 0 radical (unpaired) electrons. The van der Waals surface area contributed by atoms with Crippen molar-refractivity contribution in [2.75, 3.05) is 7.05 Å². The van der Waals surface area contributed by atoms with Crippen molar-refractivity contribution < 1.29 is 8.42 Å². The fraction of sp³-hybridized carbons (Fsp3) is 0.294. The molecule has 0 amide bonds. The molecule has 2 aromatic carbocycles. The van der Waals surface area contributed by atoms with Crippen molar-refractivity contribution in [3.05, 3.63) is 65.7 Å². The average Bonchev–Trinajstić information content (AvgIpc) is 2.50. The van der Waals surface area contributed by atoms with Gasteiger partial charge in [0.2, 0.25) is 0 Å². The summed E-state index contributed by atoms with van der Waals surface area (Å²) in [6, 6.07) is 16.3. The topological polar surface area (TPSA) is 46.2 Å². The normalized spacial score (nSPS) is 14.6. The maximum atomic E-state index is 12.7. The minimum atomic E-state index is -3.37. The molecule has 112 valence electrons. The van der Waals surface area contributed by atoms with Crippen molar-refractivity contribution in [2.24, 2.45) is 0 Å². The molecule has 0 aliphatic heterocycles. The molecule has 4 heteroatoms. The molecule has 2 unspecified atom stereocenters. The first-order chi connectivity index (χ1) is 9.96. The first kappa shape index (κ1) is 15.7. The summed E-state index contributed by atoms with van der Waals surface area (Å²) in [6.45, 7) is 3.77. The zero-order valence-electron chi connectivity index (χ0n) is 12.6. The Balaban J connectivity index is 2.36. The van der Waals surface area contributed by atoms with Gasteiger partial charge >= 0.3 is 0 Å². The summed E-state index contributed by atoms with van der Waals surface area (Å²) in [5, 5.41) is 2.59. The van der Waals surface area contributed by atoms with Crippen LogP contribution in [0.25, 0.3) is 0 Å². The Bertz CT molecular complexity index is 678. The molecule has 0 fully saturated rings. The van der Waals surface area contributed by atoms with E-state index in [0.29, 0.717) is 4.90 Å². The molecular weight excluding hydrogens is 282 g/mol. The van der Waals surface area contributed by atoms with Crippen molar-refractivity contribution in [2.45, 2.75) is 30.0 Å². The summed E-state index contributed by atoms with van der Waals surface area (Å²) < 4.78 is 25.5. The number of hydrogen-bond donors (Lipinski definition) is 1. The molecule has 21 heavy (non-hydrogen) atoms. The second kappa shape index (κ2) is 6.41. The van der Waals surface area contributed by atoms with Crippen LogP contribution in [0.4, 0.5) is 0 Å². The third-order valence-corrected chi connectivity index (χ3v) is 5.96. The lowest BCUT2D eigenvalue weighted by molar-refractivity contribution is 0.530. The van der Waals surface area contributed by atoms with Crippen LogP contribution < -0.4 is 5.32 Å². The predicted octanol–water partition coefficient (Wildman–Crippen LogP) is 3.12. The van der Waals surface area contributed by atoms with E-state index >= 15 is 0 Å². The van der Waals surface area contributed by atoms with E-state index in [1.807, 2.05) is 37.3 Å². The summed E-state index contributed by atoms with van der Waals surface area (Å²) in [4.78, 5) is 0.366. The van der Waals surface area contributed by atoms with Crippen LogP contribution in [0.2, 0.25) is 0 Å². The van der Waals surface area contributed by atoms with Crippen LogP contribution in [0.5, 0.6) is 0 Å². The van der Waals surface area contributed by atoms with Crippen molar-refractivity contribution in [3.8, 4) is 0 Å². The van der Waals surface area contributed by atoms with Crippen molar-refractivity contribution >= 4 is 9.84 Å². The lowest BCUT2D eigenvalue weighted by Gasteiger charge is -2.24. The summed E-state index contributed by atoms with van der Waals surface area (Å²) in [5.41, 5.74) is 2.14. The van der Waals surface area contributed by atoms with Crippen LogP contribution in [0, 0.1) is 6.92 Å². The fourth-order valence-electron chi connectivity index (χ4n) is 2.45. The molecule has 0 saturated heterocycles. The molecule has 2 atom stereocenters. The van der Waals surface area contributed by atoms with Gasteiger partial charge in [0.1, 0.15) is 0 Å². The van der Waals surface area contributed by atoms with Crippen molar-refractivity contribution in [1.29, 1.82) is 0 Å². The van der Waals surface area contributed by atoms with Gasteiger partial charge < -0.3 is 5.32 Å². The molecule has 3 nitrogen and oxygen atoms in total. The monoisotopic (exact) mass is 303 g/mol. The van der Waals surface area contributed by atoms with Crippen LogP contribution in [-0.2, 0) is 9.84 Å². The highest BCUT2D eigenvalue weighted by molar-refractivity contribution is 7.92. The van der Waals surface area contributed by atoms with E-state index in [9.17, 15) is 8.42 Å². The smallest absolute Gasteiger partial charge is 0.182 e. The molecule has 0 heterocycles. The van der Waals surface area contributed by atoms with Crippen molar-refractivity contribution in [1.82, 2.24) is 5.32 Å². The Hall–Kier alpha value is -1.65. The molecule has 0 aliphatic carbocycles. The average molecular weight is 303 g/mol. The van der Waals surface area contributed by atoms with Gasteiger partial charge in [0.25, 0.3) is 0 Å². The third-order valence-electron chi connectivity index (χ3n) is 3.78. The largest absolute Gasteiger partial charge is 0.312 e. The number of rotatable bonds is 5.